The summed E-state index contributed by atoms with van der Waals surface area (Å²) in [6.07, 6.45) is 3.58. The van der Waals surface area contributed by atoms with Gasteiger partial charge in [0.2, 0.25) is 10.0 Å². The Labute approximate surface area is 182 Å². The minimum absolute atomic E-state index is 0.00372. The number of amides is 1. The molecule has 5 nitrogen and oxygen atoms in total. The van der Waals surface area contributed by atoms with Gasteiger partial charge in [-0.3, -0.25) is 4.79 Å². The molecule has 1 saturated carbocycles. The number of para-hydroxylation sites is 1. The van der Waals surface area contributed by atoms with Gasteiger partial charge in [0.15, 0.2) is 0 Å². The van der Waals surface area contributed by atoms with Gasteiger partial charge in [0.1, 0.15) is 4.90 Å². The fourth-order valence-electron chi connectivity index (χ4n) is 3.66. The molecule has 1 fully saturated rings. The number of hydrogen-bond donors (Lipinski definition) is 1. The molecule has 0 spiro atoms. The largest absolute Gasteiger partial charge is 0.308 e. The zero-order valence-electron chi connectivity index (χ0n) is 16.4. The highest BCUT2D eigenvalue weighted by molar-refractivity contribution is 7.89. The number of sulfonamides is 1. The van der Waals surface area contributed by atoms with Gasteiger partial charge in [0.25, 0.3) is 5.91 Å². The van der Waals surface area contributed by atoms with E-state index in [9.17, 15) is 13.2 Å². The molecule has 1 amide bonds. The molecule has 0 aliphatic heterocycles. The highest BCUT2D eigenvalue weighted by atomic mass is 35.5. The third-order valence-corrected chi connectivity index (χ3v) is 7.48. The van der Waals surface area contributed by atoms with E-state index in [0.717, 1.165) is 36.9 Å². The molecule has 0 heterocycles. The maximum atomic E-state index is 13.3. The molecule has 0 aromatic heterocycles. The molecule has 8 heteroatoms. The Hall–Kier alpha value is -1.60. The van der Waals surface area contributed by atoms with Crippen LogP contribution in [-0.4, -0.2) is 26.9 Å². The van der Waals surface area contributed by atoms with Gasteiger partial charge in [0, 0.05) is 18.3 Å². The minimum atomic E-state index is -3.86. The van der Waals surface area contributed by atoms with Gasteiger partial charge in [-0.1, -0.05) is 54.2 Å². The summed E-state index contributed by atoms with van der Waals surface area (Å²) in [6.45, 7) is 4.18. The van der Waals surface area contributed by atoms with Crippen LogP contribution in [0, 0.1) is 6.92 Å². The van der Waals surface area contributed by atoms with Crippen LogP contribution >= 0.6 is 23.2 Å². The van der Waals surface area contributed by atoms with Gasteiger partial charge in [0.05, 0.1) is 15.6 Å². The smallest absolute Gasteiger partial charge is 0.259 e. The number of anilines is 1. The third-order valence-electron chi connectivity index (χ3n) is 5.19. The first kappa shape index (κ1) is 22.1. The number of hydrogen-bond acceptors (Lipinski definition) is 3. The van der Waals surface area contributed by atoms with Gasteiger partial charge in [-0.2, -0.15) is 0 Å². The van der Waals surface area contributed by atoms with Crippen LogP contribution < -0.4 is 9.62 Å². The average molecular weight is 455 g/mol. The van der Waals surface area contributed by atoms with Crippen LogP contribution in [0.3, 0.4) is 0 Å². The van der Waals surface area contributed by atoms with E-state index in [1.54, 1.807) is 4.90 Å². The van der Waals surface area contributed by atoms with Crippen molar-refractivity contribution in [3.8, 4) is 0 Å². The maximum absolute atomic E-state index is 13.3. The van der Waals surface area contributed by atoms with Gasteiger partial charge in [-0.15, -0.1) is 0 Å². The summed E-state index contributed by atoms with van der Waals surface area (Å²) in [6, 6.07) is 10.0. The van der Waals surface area contributed by atoms with Crippen LogP contribution in [0.1, 0.15) is 48.5 Å². The van der Waals surface area contributed by atoms with E-state index in [4.69, 9.17) is 23.2 Å². The number of nitrogens with one attached hydrogen (secondary N) is 1. The maximum Gasteiger partial charge on any atom is 0.259 e. The number of carbonyl (C=O) groups excluding carboxylic acids is 1. The second kappa shape index (κ2) is 9.04. The number of halogens is 2. The minimum Gasteiger partial charge on any atom is -0.308 e. The van der Waals surface area contributed by atoms with Crippen molar-refractivity contribution in [2.75, 3.05) is 11.4 Å². The van der Waals surface area contributed by atoms with Crippen LogP contribution in [0.4, 0.5) is 5.69 Å². The van der Waals surface area contributed by atoms with Gasteiger partial charge in [-0.05, 0) is 50.5 Å². The Morgan fingerprint density at radius 2 is 1.79 bits per heavy atom. The lowest BCUT2D eigenvalue weighted by atomic mass is 10.1. The number of carbonyl (C=O) groups is 1. The van der Waals surface area contributed by atoms with Crippen molar-refractivity contribution in [3.05, 3.63) is 57.6 Å². The molecule has 1 aliphatic carbocycles. The highest BCUT2D eigenvalue weighted by Crippen LogP contribution is 2.32. The Balaban J connectivity index is 2.00. The second-order valence-corrected chi connectivity index (χ2v) is 9.70. The number of rotatable bonds is 6. The lowest BCUT2D eigenvalue weighted by molar-refractivity contribution is 0.0988. The van der Waals surface area contributed by atoms with Crippen LogP contribution in [0.2, 0.25) is 10.0 Å². The van der Waals surface area contributed by atoms with E-state index in [-0.39, 0.29) is 32.5 Å². The summed E-state index contributed by atoms with van der Waals surface area (Å²) < 4.78 is 28.5. The first-order valence-electron chi connectivity index (χ1n) is 9.63. The summed E-state index contributed by atoms with van der Waals surface area (Å²) in [4.78, 5) is 14.7. The average Bonchev–Trinajstić information content (AvgIpc) is 3.15. The molecule has 3 rings (SSSR count). The Kier molecular flexibility index (Phi) is 6.89. The van der Waals surface area contributed by atoms with Crippen LogP contribution in [0.5, 0.6) is 0 Å². The monoisotopic (exact) mass is 454 g/mol. The molecule has 0 radical (unpaired) electrons. The van der Waals surface area contributed by atoms with Crippen molar-refractivity contribution in [1.82, 2.24) is 4.72 Å². The highest BCUT2D eigenvalue weighted by Gasteiger charge is 2.28. The molecule has 0 unspecified atom stereocenters. The predicted molar refractivity (Wildman–Crippen MR) is 118 cm³/mol. The topological polar surface area (TPSA) is 66.5 Å². The molecule has 0 bridgehead atoms. The summed E-state index contributed by atoms with van der Waals surface area (Å²) >= 11 is 12.5. The Morgan fingerprint density at radius 1 is 1.14 bits per heavy atom. The number of benzene rings is 2. The van der Waals surface area contributed by atoms with E-state index < -0.39 is 10.0 Å². The summed E-state index contributed by atoms with van der Waals surface area (Å²) in [5, 5.41) is 0.114. The second-order valence-electron chi connectivity index (χ2n) is 7.20. The summed E-state index contributed by atoms with van der Waals surface area (Å²) in [7, 11) is -3.86. The van der Waals surface area contributed by atoms with E-state index in [1.165, 1.54) is 12.1 Å². The van der Waals surface area contributed by atoms with Crippen LogP contribution in [-0.2, 0) is 10.0 Å². The molecule has 2 aromatic rings. The first-order chi connectivity index (χ1) is 13.7. The van der Waals surface area contributed by atoms with Crippen molar-refractivity contribution < 1.29 is 13.2 Å². The zero-order chi connectivity index (χ0) is 21.2. The van der Waals surface area contributed by atoms with Crippen LogP contribution in [0.25, 0.3) is 0 Å². The lowest BCUT2D eigenvalue weighted by Crippen LogP contribution is -2.34. The van der Waals surface area contributed by atoms with E-state index in [2.05, 4.69) is 4.72 Å². The number of nitrogens with zero attached hydrogens (tertiary/aromatic N) is 1. The summed E-state index contributed by atoms with van der Waals surface area (Å²) in [5.74, 6) is -0.374. The van der Waals surface area contributed by atoms with Gasteiger partial charge in [-0.25, -0.2) is 13.1 Å². The lowest BCUT2D eigenvalue weighted by Gasteiger charge is -2.24. The van der Waals surface area contributed by atoms with E-state index >= 15 is 0 Å². The molecular formula is C21H24Cl2N2O3S. The normalized spacial score (nSPS) is 14.9. The molecule has 156 valence electrons. The Morgan fingerprint density at radius 3 is 2.41 bits per heavy atom. The summed E-state index contributed by atoms with van der Waals surface area (Å²) in [5.41, 5.74) is 1.79. The molecular weight excluding hydrogens is 431 g/mol. The van der Waals surface area contributed by atoms with Crippen LogP contribution in [0.15, 0.2) is 41.3 Å². The fourth-order valence-corrected chi connectivity index (χ4v) is 5.82. The van der Waals surface area contributed by atoms with Gasteiger partial charge >= 0.3 is 0 Å². The molecule has 29 heavy (non-hydrogen) atoms. The Bertz CT molecular complexity index is 1020. The molecule has 0 saturated heterocycles. The van der Waals surface area contributed by atoms with Gasteiger partial charge < -0.3 is 4.90 Å². The van der Waals surface area contributed by atoms with E-state index in [0.29, 0.717) is 6.54 Å². The quantitative estimate of drug-likeness (QED) is 0.652. The fraction of sp³-hybridized carbons (Fsp3) is 0.381. The molecule has 1 N–H and O–H groups in total. The molecule has 2 aromatic carbocycles. The standard InChI is InChI=1S/C21H24Cl2N2O3S/c1-3-25(19-11-7-4-8-14(19)2)21(26)16-12-20(18(23)13-17(16)22)29(27,28)24-15-9-5-6-10-15/h4,7-8,11-13,15,24H,3,5-6,9-10H2,1-2H3. The van der Waals surface area contributed by atoms with Crippen molar-refractivity contribution >= 4 is 44.8 Å². The number of aryl methyl sites for hydroxylation is 1. The SMILES string of the molecule is CCN(C(=O)c1cc(S(=O)(=O)NC2CCCC2)c(Cl)cc1Cl)c1ccccc1C. The van der Waals surface area contributed by atoms with Crippen molar-refractivity contribution in [2.45, 2.75) is 50.5 Å². The van der Waals surface area contributed by atoms with Crippen molar-refractivity contribution in [2.24, 2.45) is 0 Å². The van der Waals surface area contributed by atoms with E-state index in [1.807, 2.05) is 38.1 Å². The molecule has 0 atom stereocenters. The zero-order valence-corrected chi connectivity index (χ0v) is 18.7. The van der Waals surface area contributed by atoms with Crippen molar-refractivity contribution in [1.29, 1.82) is 0 Å². The predicted octanol–water partition coefficient (Wildman–Crippen LogP) is 5.19. The first-order valence-corrected chi connectivity index (χ1v) is 11.9. The third kappa shape index (κ3) is 4.77. The van der Waals surface area contributed by atoms with Crippen molar-refractivity contribution in [3.63, 3.8) is 0 Å². The molecule has 1 aliphatic rings.